The maximum atomic E-state index is 10.9. The van der Waals surface area contributed by atoms with Crippen molar-refractivity contribution < 1.29 is 19.0 Å². The number of hydrogen-bond acceptors (Lipinski definition) is 9. The largest absolute Gasteiger partial charge is 0.476 e. The molecule has 0 N–H and O–H groups in total. The minimum Gasteiger partial charge on any atom is -0.476 e. The number of nitro groups is 2. The zero-order chi connectivity index (χ0) is 17.8. The van der Waals surface area contributed by atoms with Gasteiger partial charge in [-0.3, -0.25) is 10.1 Å². The minimum absolute atomic E-state index is 0.0254. The molecular weight excluding hydrogens is 334 g/mol. The predicted molar refractivity (Wildman–Crippen MR) is 81.6 cm³/mol. The maximum absolute atomic E-state index is 10.9. The average molecular weight is 343 g/mol. The van der Waals surface area contributed by atoms with Gasteiger partial charge in [0.1, 0.15) is 6.20 Å². The highest BCUT2D eigenvalue weighted by molar-refractivity contribution is 5.55. The first-order chi connectivity index (χ1) is 12.0. The third-order valence-corrected chi connectivity index (χ3v) is 3.07. The lowest BCUT2D eigenvalue weighted by Crippen LogP contribution is -2.00. The number of nitrogens with zero attached hydrogens (tertiary/aromatic N) is 5. The Hall–Kier alpha value is -3.89. The zero-order valence-corrected chi connectivity index (χ0v) is 12.4. The van der Waals surface area contributed by atoms with Crippen molar-refractivity contribution in [1.82, 2.24) is 15.2 Å². The predicted octanol–water partition coefficient (Wildman–Crippen LogP) is 2.53. The lowest BCUT2D eigenvalue weighted by Gasteiger charge is -2.02. The standard InChI is InChI=1S/C14H9N5O6/c20-18(21)10-5-3-9(4-6-10)14-17-16-12(25-14)8-24-11-2-1-7-15-13(11)19(22)23/h1-7H,8H2. The van der Waals surface area contributed by atoms with E-state index < -0.39 is 15.7 Å². The lowest BCUT2D eigenvalue weighted by atomic mass is 10.2. The fraction of sp³-hybridized carbons (Fsp3) is 0.0714. The molecule has 2 aromatic heterocycles. The highest BCUT2D eigenvalue weighted by Crippen LogP contribution is 2.25. The van der Waals surface area contributed by atoms with Gasteiger partial charge < -0.3 is 19.3 Å². The summed E-state index contributed by atoms with van der Waals surface area (Å²) >= 11 is 0. The van der Waals surface area contributed by atoms with E-state index in [2.05, 4.69) is 15.2 Å². The van der Waals surface area contributed by atoms with Crippen LogP contribution in [-0.2, 0) is 6.61 Å². The molecule has 0 saturated carbocycles. The Labute approximate surface area is 139 Å². The van der Waals surface area contributed by atoms with Crippen LogP contribution in [0.3, 0.4) is 0 Å². The van der Waals surface area contributed by atoms with Gasteiger partial charge in [0, 0.05) is 17.7 Å². The summed E-state index contributed by atoms with van der Waals surface area (Å²) in [6.45, 7) is -0.188. The Bertz CT molecular complexity index is 923. The van der Waals surface area contributed by atoms with Crippen LogP contribution in [0.15, 0.2) is 47.0 Å². The van der Waals surface area contributed by atoms with Crippen molar-refractivity contribution in [3.63, 3.8) is 0 Å². The number of hydrogen-bond donors (Lipinski definition) is 0. The van der Waals surface area contributed by atoms with E-state index in [1.165, 1.54) is 42.6 Å². The summed E-state index contributed by atoms with van der Waals surface area (Å²) in [5.41, 5.74) is 0.437. The van der Waals surface area contributed by atoms with Gasteiger partial charge in [-0.25, -0.2) is 0 Å². The summed E-state index contributed by atoms with van der Waals surface area (Å²) in [7, 11) is 0. The monoisotopic (exact) mass is 343 g/mol. The van der Waals surface area contributed by atoms with Crippen molar-refractivity contribution >= 4 is 11.5 Å². The molecule has 0 amide bonds. The molecule has 0 bridgehead atoms. The number of rotatable bonds is 6. The lowest BCUT2D eigenvalue weighted by molar-refractivity contribution is -0.390. The summed E-state index contributed by atoms with van der Waals surface area (Å²) in [6.07, 6.45) is 1.28. The molecule has 126 valence electrons. The van der Waals surface area contributed by atoms with Crippen LogP contribution in [0.4, 0.5) is 11.5 Å². The number of ether oxygens (including phenoxy) is 1. The highest BCUT2D eigenvalue weighted by Gasteiger charge is 2.17. The third-order valence-electron chi connectivity index (χ3n) is 3.07. The number of non-ortho nitro benzene ring substituents is 1. The fourth-order valence-corrected chi connectivity index (χ4v) is 1.93. The van der Waals surface area contributed by atoms with Crippen molar-refractivity contribution in [1.29, 1.82) is 0 Å². The van der Waals surface area contributed by atoms with Crippen LogP contribution in [0.5, 0.6) is 5.75 Å². The molecule has 1 aromatic carbocycles. The van der Waals surface area contributed by atoms with Crippen LogP contribution in [0, 0.1) is 20.2 Å². The molecule has 0 unspecified atom stereocenters. The van der Waals surface area contributed by atoms with E-state index in [1.54, 1.807) is 0 Å². The first-order valence-corrected chi connectivity index (χ1v) is 6.84. The molecule has 0 spiro atoms. The van der Waals surface area contributed by atoms with Crippen LogP contribution < -0.4 is 4.74 Å². The van der Waals surface area contributed by atoms with E-state index in [4.69, 9.17) is 9.15 Å². The average Bonchev–Trinajstić information content (AvgIpc) is 3.09. The molecule has 0 radical (unpaired) electrons. The van der Waals surface area contributed by atoms with Crippen molar-refractivity contribution in [2.75, 3.05) is 0 Å². The highest BCUT2D eigenvalue weighted by atomic mass is 16.6. The second-order valence-electron chi connectivity index (χ2n) is 4.68. The van der Waals surface area contributed by atoms with E-state index in [1.807, 2.05) is 0 Å². The van der Waals surface area contributed by atoms with Gasteiger partial charge in [-0.05, 0) is 34.2 Å². The van der Waals surface area contributed by atoms with Gasteiger partial charge in [0.15, 0.2) is 6.61 Å². The molecule has 0 saturated heterocycles. The molecule has 25 heavy (non-hydrogen) atoms. The van der Waals surface area contributed by atoms with Crippen molar-refractivity contribution in [3.05, 3.63) is 68.7 Å². The van der Waals surface area contributed by atoms with Gasteiger partial charge in [-0.15, -0.1) is 10.2 Å². The number of pyridine rings is 1. The summed E-state index contributed by atoms with van der Waals surface area (Å²) < 4.78 is 10.7. The zero-order valence-electron chi connectivity index (χ0n) is 12.4. The summed E-state index contributed by atoms with van der Waals surface area (Å²) in [6, 6.07) is 8.48. The summed E-state index contributed by atoms with van der Waals surface area (Å²) in [4.78, 5) is 23.9. The van der Waals surface area contributed by atoms with Crippen LogP contribution in [0.25, 0.3) is 11.5 Å². The molecule has 0 atom stereocenters. The van der Waals surface area contributed by atoms with Crippen molar-refractivity contribution in [2.24, 2.45) is 0 Å². The molecule has 11 heteroatoms. The van der Waals surface area contributed by atoms with Crippen LogP contribution in [0.2, 0.25) is 0 Å². The van der Waals surface area contributed by atoms with E-state index in [0.29, 0.717) is 5.56 Å². The van der Waals surface area contributed by atoms with Gasteiger partial charge in [-0.1, -0.05) is 0 Å². The summed E-state index contributed by atoms with van der Waals surface area (Å²) in [5, 5.41) is 29.1. The van der Waals surface area contributed by atoms with Gasteiger partial charge in [-0.2, -0.15) is 0 Å². The van der Waals surface area contributed by atoms with Gasteiger partial charge in [0.25, 0.3) is 11.6 Å². The molecule has 0 aliphatic carbocycles. The number of nitro benzene ring substituents is 1. The van der Waals surface area contributed by atoms with Crippen LogP contribution in [0.1, 0.15) is 5.89 Å². The molecule has 0 aliphatic heterocycles. The minimum atomic E-state index is -0.661. The smallest absolute Gasteiger partial charge is 0.406 e. The van der Waals surface area contributed by atoms with Gasteiger partial charge in [0.2, 0.25) is 11.6 Å². The maximum Gasteiger partial charge on any atom is 0.406 e. The fourth-order valence-electron chi connectivity index (χ4n) is 1.93. The van der Waals surface area contributed by atoms with E-state index in [-0.39, 0.29) is 29.8 Å². The molecule has 3 rings (SSSR count). The molecule has 11 nitrogen and oxygen atoms in total. The molecule has 2 heterocycles. The van der Waals surface area contributed by atoms with Gasteiger partial charge >= 0.3 is 5.82 Å². The van der Waals surface area contributed by atoms with Crippen LogP contribution >= 0.6 is 0 Å². The topological polar surface area (TPSA) is 147 Å². The summed E-state index contributed by atoms with van der Waals surface area (Å²) in [5.74, 6) is -0.208. The normalized spacial score (nSPS) is 10.4. The quantitative estimate of drug-likeness (QED) is 0.486. The Morgan fingerprint density at radius 2 is 1.80 bits per heavy atom. The Kier molecular flexibility index (Phi) is 4.28. The second-order valence-corrected chi connectivity index (χ2v) is 4.68. The molecule has 0 aliphatic rings. The SMILES string of the molecule is O=[N+]([O-])c1ccc(-c2nnc(COc3cccnc3[N+](=O)[O-])o2)cc1. The Morgan fingerprint density at radius 3 is 2.48 bits per heavy atom. The van der Waals surface area contributed by atoms with E-state index in [0.717, 1.165) is 0 Å². The van der Waals surface area contributed by atoms with E-state index >= 15 is 0 Å². The Balaban J connectivity index is 1.72. The van der Waals surface area contributed by atoms with Crippen molar-refractivity contribution in [3.8, 4) is 17.2 Å². The molecule has 3 aromatic rings. The van der Waals surface area contributed by atoms with Crippen LogP contribution in [-0.4, -0.2) is 25.0 Å². The second kappa shape index (κ2) is 6.70. The van der Waals surface area contributed by atoms with Crippen molar-refractivity contribution in [2.45, 2.75) is 6.61 Å². The number of aromatic nitrogens is 3. The number of benzene rings is 1. The Morgan fingerprint density at radius 1 is 1.04 bits per heavy atom. The first kappa shape index (κ1) is 16.0. The molecule has 0 fully saturated rings. The molecular formula is C14H9N5O6. The van der Waals surface area contributed by atoms with E-state index in [9.17, 15) is 20.2 Å². The third kappa shape index (κ3) is 3.55. The first-order valence-electron chi connectivity index (χ1n) is 6.84. The van der Waals surface area contributed by atoms with Gasteiger partial charge in [0.05, 0.1) is 4.92 Å².